The molecule has 0 aliphatic rings. The van der Waals surface area contributed by atoms with Crippen LogP contribution in [0.2, 0.25) is 0 Å². The molecule has 5 nitrogen and oxygen atoms in total. The fourth-order valence-electron chi connectivity index (χ4n) is 2.83. The summed E-state index contributed by atoms with van der Waals surface area (Å²) >= 11 is 0. The van der Waals surface area contributed by atoms with Gasteiger partial charge >= 0.3 is 6.03 Å². The lowest BCUT2D eigenvalue weighted by atomic mass is 10.1. The van der Waals surface area contributed by atoms with Crippen LogP contribution in [-0.2, 0) is 6.54 Å². The van der Waals surface area contributed by atoms with Gasteiger partial charge in [0.25, 0.3) is 0 Å². The van der Waals surface area contributed by atoms with Gasteiger partial charge in [0.05, 0.1) is 16.7 Å². The van der Waals surface area contributed by atoms with Gasteiger partial charge in [-0.2, -0.15) is 0 Å². The van der Waals surface area contributed by atoms with Gasteiger partial charge in [-0.25, -0.2) is 4.79 Å². The molecule has 25 heavy (non-hydrogen) atoms. The van der Waals surface area contributed by atoms with E-state index in [0.29, 0.717) is 12.2 Å². The van der Waals surface area contributed by atoms with Crippen molar-refractivity contribution in [3.8, 4) is 0 Å². The van der Waals surface area contributed by atoms with Crippen LogP contribution in [0.1, 0.15) is 5.56 Å². The Morgan fingerprint density at radius 1 is 0.880 bits per heavy atom. The summed E-state index contributed by atoms with van der Waals surface area (Å²) < 4.78 is 0. The summed E-state index contributed by atoms with van der Waals surface area (Å²) in [4.78, 5) is 21.2. The van der Waals surface area contributed by atoms with E-state index in [4.69, 9.17) is 0 Å². The first-order chi connectivity index (χ1) is 12.3. The number of fused-ring (bicyclic) bond motifs is 3. The molecule has 0 radical (unpaired) electrons. The molecule has 5 heteroatoms. The van der Waals surface area contributed by atoms with E-state index in [1.165, 1.54) is 0 Å². The molecule has 2 aromatic carbocycles. The summed E-state index contributed by atoms with van der Waals surface area (Å²) in [6.45, 7) is 0.465. The number of nitrogens with one attached hydrogen (secondary N) is 2. The number of pyridine rings is 2. The molecule has 2 heterocycles. The molecule has 0 aliphatic heterocycles. The lowest BCUT2D eigenvalue weighted by molar-refractivity contribution is 0.252. The number of carbonyl (C=O) groups excluding carboxylic acids is 1. The molecule has 4 aromatic rings. The van der Waals surface area contributed by atoms with Crippen LogP contribution in [-0.4, -0.2) is 16.0 Å². The molecule has 0 atom stereocenters. The number of urea groups is 1. The molecular weight excluding hydrogens is 312 g/mol. The zero-order valence-electron chi connectivity index (χ0n) is 13.4. The Balaban J connectivity index is 1.63. The Bertz CT molecular complexity index is 1050. The minimum atomic E-state index is -0.265. The second-order valence-electron chi connectivity index (χ2n) is 5.69. The second-order valence-corrected chi connectivity index (χ2v) is 5.69. The molecule has 0 unspecified atom stereocenters. The van der Waals surface area contributed by atoms with E-state index in [2.05, 4.69) is 20.6 Å². The van der Waals surface area contributed by atoms with Gasteiger partial charge in [-0.1, -0.05) is 36.4 Å². The van der Waals surface area contributed by atoms with Crippen molar-refractivity contribution in [1.82, 2.24) is 15.3 Å². The first kappa shape index (κ1) is 15.1. The van der Waals surface area contributed by atoms with Crippen molar-refractivity contribution in [1.29, 1.82) is 0 Å². The number of hydrogen-bond acceptors (Lipinski definition) is 3. The van der Waals surface area contributed by atoms with Gasteiger partial charge in [0.2, 0.25) is 0 Å². The van der Waals surface area contributed by atoms with Crippen LogP contribution in [0.4, 0.5) is 10.5 Å². The highest BCUT2D eigenvalue weighted by molar-refractivity contribution is 6.11. The van der Waals surface area contributed by atoms with E-state index < -0.39 is 0 Å². The van der Waals surface area contributed by atoms with Crippen LogP contribution >= 0.6 is 0 Å². The summed E-state index contributed by atoms with van der Waals surface area (Å²) in [6.07, 6.45) is 3.47. The summed E-state index contributed by atoms with van der Waals surface area (Å²) in [7, 11) is 0. The topological polar surface area (TPSA) is 66.9 Å². The Morgan fingerprint density at radius 3 is 2.48 bits per heavy atom. The molecule has 0 fully saturated rings. The molecule has 0 saturated carbocycles. The molecule has 122 valence electrons. The zero-order chi connectivity index (χ0) is 17.1. The van der Waals surface area contributed by atoms with Gasteiger partial charge in [0.15, 0.2) is 0 Å². The normalized spacial score (nSPS) is 10.7. The Morgan fingerprint density at radius 2 is 1.64 bits per heavy atom. The molecule has 2 amide bonds. The van der Waals surface area contributed by atoms with E-state index in [0.717, 1.165) is 27.4 Å². The fraction of sp³-hybridized carbons (Fsp3) is 0.0500. The number of aromatic nitrogens is 2. The van der Waals surface area contributed by atoms with Gasteiger partial charge in [-0.3, -0.25) is 9.97 Å². The minimum absolute atomic E-state index is 0.265. The van der Waals surface area contributed by atoms with Crippen molar-refractivity contribution >= 4 is 33.5 Å². The third-order valence-corrected chi connectivity index (χ3v) is 4.00. The third kappa shape index (κ3) is 3.12. The van der Waals surface area contributed by atoms with E-state index in [-0.39, 0.29) is 6.03 Å². The Labute approximate surface area is 144 Å². The standard InChI is InChI=1S/C20H16N4O/c25-20(23-13-14-6-2-1-3-7-14)24-17-12-15-8-4-10-21-18(15)16-9-5-11-22-19(16)17/h1-12H,13H2,(H2,23,24,25). The van der Waals surface area contributed by atoms with E-state index in [1.54, 1.807) is 12.4 Å². The quantitative estimate of drug-likeness (QED) is 0.556. The molecule has 2 N–H and O–H groups in total. The van der Waals surface area contributed by atoms with Crippen molar-refractivity contribution in [3.63, 3.8) is 0 Å². The second kappa shape index (κ2) is 6.57. The highest BCUT2D eigenvalue weighted by atomic mass is 16.2. The molecular formula is C20H16N4O. The number of amides is 2. The number of carbonyl (C=O) groups is 1. The Hall–Kier alpha value is -3.47. The highest BCUT2D eigenvalue weighted by Crippen LogP contribution is 2.28. The SMILES string of the molecule is O=C(NCc1ccccc1)Nc1cc2cccnc2c2cccnc12. The summed E-state index contributed by atoms with van der Waals surface area (Å²) in [5.41, 5.74) is 3.31. The molecule has 0 bridgehead atoms. The average Bonchev–Trinajstić information content (AvgIpc) is 2.67. The predicted octanol–water partition coefficient (Wildman–Crippen LogP) is 4.10. The van der Waals surface area contributed by atoms with Crippen LogP contribution in [0, 0.1) is 0 Å². The molecule has 0 aliphatic carbocycles. The third-order valence-electron chi connectivity index (χ3n) is 4.00. The van der Waals surface area contributed by atoms with Crippen molar-refractivity contribution in [2.24, 2.45) is 0 Å². The smallest absolute Gasteiger partial charge is 0.319 e. The average molecular weight is 328 g/mol. The maximum Gasteiger partial charge on any atom is 0.319 e. The monoisotopic (exact) mass is 328 g/mol. The highest BCUT2D eigenvalue weighted by Gasteiger charge is 2.10. The van der Waals surface area contributed by atoms with Gasteiger partial charge in [0, 0.05) is 29.7 Å². The van der Waals surface area contributed by atoms with Crippen LogP contribution in [0.3, 0.4) is 0 Å². The largest absolute Gasteiger partial charge is 0.334 e. The van der Waals surface area contributed by atoms with E-state index in [1.807, 2.05) is 60.7 Å². The maximum atomic E-state index is 12.3. The van der Waals surface area contributed by atoms with Crippen LogP contribution in [0.5, 0.6) is 0 Å². The van der Waals surface area contributed by atoms with Crippen molar-refractivity contribution in [2.45, 2.75) is 6.54 Å². The lowest BCUT2D eigenvalue weighted by Gasteiger charge is -2.11. The summed E-state index contributed by atoms with van der Waals surface area (Å²) in [5, 5.41) is 7.65. The molecule has 0 saturated heterocycles. The Kier molecular flexibility index (Phi) is 3.96. The summed E-state index contributed by atoms with van der Waals surface area (Å²) in [6, 6.07) is 19.1. The van der Waals surface area contributed by atoms with Gasteiger partial charge in [0.1, 0.15) is 0 Å². The van der Waals surface area contributed by atoms with Gasteiger partial charge in [-0.05, 0) is 29.8 Å². The number of rotatable bonds is 3. The summed E-state index contributed by atoms with van der Waals surface area (Å²) in [5.74, 6) is 0. The molecule has 0 spiro atoms. The van der Waals surface area contributed by atoms with Crippen LogP contribution < -0.4 is 10.6 Å². The van der Waals surface area contributed by atoms with Crippen molar-refractivity contribution < 1.29 is 4.79 Å². The minimum Gasteiger partial charge on any atom is -0.334 e. The predicted molar refractivity (Wildman–Crippen MR) is 99.3 cm³/mol. The number of nitrogens with zero attached hydrogens (tertiary/aromatic N) is 2. The van der Waals surface area contributed by atoms with E-state index in [9.17, 15) is 4.79 Å². The lowest BCUT2D eigenvalue weighted by Crippen LogP contribution is -2.28. The number of benzene rings is 2. The maximum absolute atomic E-state index is 12.3. The number of anilines is 1. The van der Waals surface area contributed by atoms with Crippen LogP contribution in [0.25, 0.3) is 21.8 Å². The molecule has 4 rings (SSSR count). The van der Waals surface area contributed by atoms with Gasteiger partial charge in [-0.15, -0.1) is 0 Å². The molecule has 2 aromatic heterocycles. The first-order valence-electron chi connectivity index (χ1n) is 8.02. The number of hydrogen-bond donors (Lipinski definition) is 2. The van der Waals surface area contributed by atoms with Crippen LogP contribution in [0.15, 0.2) is 73.1 Å². The van der Waals surface area contributed by atoms with Crippen molar-refractivity contribution in [3.05, 3.63) is 78.6 Å². The van der Waals surface area contributed by atoms with Gasteiger partial charge < -0.3 is 10.6 Å². The first-order valence-corrected chi connectivity index (χ1v) is 8.02. The van der Waals surface area contributed by atoms with E-state index >= 15 is 0 Å². The van der Waals surface area contributed by atoms with Crippen molar-refractivity contribution in [2.75, 3.05) is 5.32 Å². The fourth-order valence-corrected chi connectivity index (χ4v) is 2.83. The zero-order valence-corrected chi connectivity index (χ0v) is 13.4.